The van der Waals surface area contributed by atoms with E-state index in [1.54, 1.807) is 6.20 Å². The molecule has 0 spiro atoms. The molecule has 0 aromatic carbocycles. The highest BCUT2D eigenvalue weighted by Gasteiger charge is 2.44. The second-order valence-electron chi connectivity index (χ2n) is 5.38. The molecule has 0 bridgehead atoms. The van der Waals surface area contributed by atoms with E-state index in [-0.39, 0.29) is 23.5 Å². The van der Waals surface area contributed by atoms with Crippen molar-refractivity contribution in [1.82, 2.24) is 10.3 Å². The van der Waals surface area contributed by atoms with Gasteiger partial charge in [-0.25, -0.2) is 0 Å². The summed E-state index contributed by atoms with van der Waals surface area (Å²) >= 11 is 0. The molecule has 0 aliphatic carbocycles. The average molecular weight is 248 g/mol. The minimum absolute atomic E-state index is 0.0143. The largest absolute Gasteiger partial charge is 0.465 e. The molecular weight excluding hydrogens is 228 g/mol. The lowest BCUT2D eigenvalue weighted by atomic mass is 9.81. The highest BCUT2D eigenvalue weighted by molar-refractivity contribution is 5.76. The van der Waals surface area contributed by atoms with Gasteiger partial charge in [0.25, 0.3) is 0 Å². The molecule has 4 heteroatoms. The predicted octanol–water partition coefficient (Wildman–Crippen LogP) is 2.07. The van der Waals surface area contributed by atoms with Crippen molar-refractivity contribution in [2.45, 2.75) is 39.3 Å². The summed E-state index contributed by atoms with van der Waals surface area (Å²) in [5.74, 6) is -0.156. The Morgan fingerprint density at radius 2 is 2.39 bits per heavy atom. The van der Waals surface area contributed by atoms with E-state index >= 15 is 0 Å². The van der Waals surface area contributed by atoms with Crippen LogP contribution in [-0.4, -0.2) is 23.6 Å². The maximum absolute atomic E-state index is 11.8. The molecule has 0 amide bonds. The van der Waals surface area contributed by atoms with E-state index in [4.69, 9.17) is 4.74 Å². The first kappa shape index (κ1) is 13.0. The fourth-order valence-electron chi connectivity index (χ4n) is 2.62. The Bertz CT molecular complexity index is 417. The SMILES string of the molecule is CCOC(=O)[C@@H]1CC(C)(C)C(c2cccnc2)N1. The van der Waals surface area contributed by atoms with Gasteiger partial charge >= 0.3 is 5.97 Å². The molecular formula is C14H20N2O2. The molecule has 1 aromatic heterocycles. The van der Waals surface area contributed by atoms with E-state index in [0.717, 1.165) is 12.0 Å². The zero-order chi connectivity index (χ0) is 13.2. The van der Waals surface area contributed by atoms with Gasteiger partial charge in [0, 0.05) is 18.4 Å². The molecule has 1 aliphatic heterocycles. The quantitative estimate of drug-likeness (QED) is 0.832. The molecule has 1 fully saturated rings. The van der Waals surface area contributed by atoms with E-state index < -0.39 is 0 Å². The highest BCUT2D eigenvalue weighted by Crippen LogP contribution is 2.43. The van der Waals surface area contributed by atoms with Crippen molar-refractivity contribution in [2.75, 3.05) is 6.61 Å². The van der Waals surface area contributed by atoms with Gasteiger partial charge in [-0.2, -0.15) is 0 Å². The molecule has 0 saturated carbocycles. The first-order valence-electron chi connectivity index (χ1n) is 6.37. The molecule has 0 radical (unpaired) electrons. The number of nitrogens with zero attached hydrogens (tertiary/aromatic N) is 1. The van der Waals surface area contributed by atoms with Crippen LogP contribution in [0.15, 0.2) is 24.5 Å². The Hall–Kier alpha value is -1.42. The van der Waals surface area contributed by atoms with Gasteiger partial charge in [0.15, 0.2) is 0 Å². The van der Waals surface area contributed by atoms with Crippen LogP contribution in [-0.2, 0) is 9.53 Å². The maximum Gasteiger partial charge on any atom is 0.323 e. The van der Waals surface area contributed by atoms with E-state index in [2.05, 4.69) is 24.1 Å². The Balaban J connectivity index is 2.16. The Morgan fingerprint density at radius 1 is 1.61 bits per heavy atom. The summed E-state index contributed by atoms with van der Waals surface area (Å²) in [4.78, 5) is 16.0. The van der Waals surface area contributed by atoms with Crippen molar-refractivity contribution in [3.8, 4) is 0 Å². The molecule has 1 aromatic rings. The molecule has 4 nitrogen and oxygen atoms in total. The van der Waals surface area contributed by atoms with Crippen molar-refractivity contribution in [2.24, 2.45) is 5.41 Å². The number of rotatable bonds is 3. The Labute approximate surface area is 108 Å². The summed E-state index contributed by atoms with van der Waals surface area (Å²) in [6, 6.07) is 3.89. The van der Waals surface area contributed by atoms with Crippen molar-refractivity contribution in [3.63, 3.8) is 0 Å². The highest BCUT2D eigenvalue weighted by atomic mass is 16.5. The summed E-state index contributed by atoms with van der Waals surface area (Å²) in [6.07, 6.45) is 4.40. The number of carbonyl (C=O) groups is 1. The van der Waals surface area contributed by atoms with Crippen LogP contribution < -0.4 is 5.32 Å². The van der Waals surface area contributed by atoms with Crippen molar-refractivity contribution < 1.29 is 9.53 Å². The number of hydrogen-bond donors (Lipinski definition) is 1. The van der Waals surface area contributed by atoms with Gasteiger partial charge in [-0.15, -0.1) is 0 Å². The molecule has 1 saturated heterocycles. The first-order chi connectivity index (χ1) is 8.54. The lowest BCUT2D eigenvalue weighted by Gasteiger charge is -2.26. The summed E-state index contributed by atoms with van der Waals surface area (Å²) in [7, 11) is 0. The smallest absolute Gasteiger partial charge is 0.323 e. The van der Waals surface area contributed by atoms with Crippen LogP contribution in [0.5, 0.6) is 0 Å². The monoisotopic (exact) mass is 248 g/mol. The number of pyridine rings is 1. The van der Waals surface area contributed by atoms with E-state index in [0.29, 0.717) is 6.61 Å². The molecule has 1 aliphatic rings. The Kier molecular flexibility index (Phi) is 3.66. The Morgan fingerprint density at radius 3 is 3.00 bits per heavy atom. The van der Waals surface area contributed by atoms with Crippen molar-refractivity contribution in [3.05, 3.63) is 30.1 Å². The van der Waals surface area contributed by atoms with E-state index in [9.17, 15) is 4.79 Å². The third kappa shape index (κ3) is 2.53. The summed E-state index contributed by atoms with van der Waals surface area (Å²) in [5, 5.41) is 3.37. The number of aromatic nitrogens is 1. The predicted molar refractivity (Wildman–Crippen MR) is 68.9 cm³/mol. The fourth-order valence-corrected chi connectivity index (χ4v) is 2.62. The number of nitrogens with one attached hydrogen (secondary N) is 1. The number of ether oxygens (including phenoxy) is 1. The summed E-state index contributed by atoms with van der Waals surface area (Å²) < 4.78 is 5.09. The van der Waals surface area contributed by atoms with Gasteiger partial charge in [-0.3, -0.25) is 15.1 Å². The van der Waals surface area contributed by atoms with Crippen LogP contribution in [0.1, 0.15) is 38.8 Å². The van der Waals surface area contributed by atoms with Crippen molar-refractivity contribution in [1.29, 1.82) is 0 Å². The van der Waals surface area contributed by atoms with Gasteiger partial charge in [0.2, 0.25) is 0 Å². The normalized spacial score (nSPS) is 25.9. The standard InChI is InChI=1S/C14H20N2O2/c1-4-18-13(17)11-8-14(2,3)12(16-11)10-6-5-7-15-9-10/h5-7,9,11-12,16H,4,8H2,1-3H3/t11-,12?/m0/s1. The first-order valence-corrected chi connectivity index (χ1v) is 6.37. The molecule has 98 valence electrons. The van der Waals surface area contributed by atoms with Crippen LogP contribution >= 0.6 is 0 Å². The van der Waals surface area contributed by atoms with Crippen LogP contribution in [0.3, 0.4) is 0 Å². The summed E-state index contributed by atoms with van der Waals surface area (Å²) in [6.45, 7) is 6.58. The summed E-state index contributed by atoms with van der Waals surface area (Å²) in [5.41, 5.74) is 1.13. The number of carbonyl (C=O) groups excluding carboxylic acids is 1. The maximum atomic E-state index is 11.8. The second kappa shape index (κ2) is 5.06. The minimum atomic E-state index is -0.217. The zero-order valence-electron chi connectivity index (χ0n) is 11.1. The lowest BCUT2D eigenvalue weighted by Crippen LogP contribution is -2.34. The van der Waals surface area contributed by atoms with Crippen LogP contribution in [0.25, 0.3) is 0 Å². The van der Waals surface area contributed by atoms with Gasteiger partial charge in [0.1, 0.15) is 6.04 Å². The zero-order valence-corrected chi connectivity index (χ0v) is 11.1. The molecule has 2 atom stereocenters. The van der Waals surface area contributed by atoms with E-state index in [1.165, 1.54) is 0 Å². The van der Waals surface area contributed by atoms with Crippen LogP contribution in [0.4, 0.5) is 0 Å². The van der Waals surface area contributed by atoms with Gasteiger partial charge in [-0.05, 0) is 30.4 Å². The van der Waals surface area contributed by atoms with Crippen molar-refractivity contribution >= 4 is 5.97 Å². The molecule has 1 N–H and O–H groups in total. The number of hydrogen-bond acceptors (Lipinski definition) is 4. The molecule has 1 unspecified atom stereocenters. The third-order valence-electron chi connectivity index (χ3n) is 3.47. The van der Waals surface area contributed by atoms with Gasteiger partial charge in [0.05, 0.1) is 6.61 Å². The topological polar surface area (TPSA) is 51.2 Å². The fraction of sp³-hybridized carbons (Fsp3) is 0.571. The van der Waals surface area contributed by atoms with E-state index in [1.807, 2.05) is 25.3 Å². The van der Waals surface area contributed by atoms with Gasteiger partial charge in [-0.1, -0.05) is 19.9 Å². The third-order valence-corrected chi connectivity index (χ3v) is 3.47. The molecule has 18 heavy (non-hydrogen) atoms. The average Bonchev–Trinajstić information content (AvgIpc) is 2.67. The lowest BCUT2D eigenvalue weighted by molar-refractivity contribution is -0.145. The minimum Gasteiger partial charge on any atom is -0.465 e. The molecule has 2 heterocycles. The van der Waals surface area contributed by atoms with Crippen LogP contribution in [0.2, 0.25) is 0 Å². The van der Waals surface area contributed by atoms with Crippen LogP contribution in [0, 0.1) is 5.41 Å². The number of esters is 1. The van der Waals surface area contributed by atoms with Gasteiger partial charge < -0.3 is 4.74 Å². The molecule has 2 rings (SSSR count). The second-order valence-corrected chi connectivity index (χ2v) is 5.38.